The van der Waals surface area contributed by atoms with Crippen LogP contribution in [0.25, 0.3) is 0 Å². The van der Waals surface area contributed by atoms with Gasteiger partial charge in [-0.1, -0.05) is 19.9 Å². The number of carbonyl (C=O) groups excluding carboxylic acids is 2. The van der Waals surface area contributed by atoms with Crippen molar-refractivity contribution in [1.82, 2.24) is 5.32 Å². The van der Waals surface area contributed by atoms with E-state index in [1.165, 1.54) is 4.90 Å². The molecular weight excluding hydrogens is 284 g/mol. The summed E-state index contributed by atoms with van der Waals surface area (Å²) in [6.07, 6.45) is -0.596. The highest BCUT2D eigenvalue weighted by molar-refractivity contribution is 6.04. The number of rotatable bonds is 5. The lowest BCUT2D eigenvalue weighted by Gasteiger charge is -2.35. The smallest absolute Gasteiger partial charge is 0.268 e. The Morgan fingerprint density at radius 3 is 2.82 bits per heavy atom. The molecule has 0 bridgehead atoms. The lowest BCUT2D eigenvalue weighted by atomic mass is 10.0. The molecule has 2 amide bonds. The van der Waals surface area contributed by atoms with Crippen molar-refractivity contribution in [2.45, 2.75) is 26.9 Å². The van der Waals surface area contributed by atoms with E-state index < -0.39 is 6.10 Å². The number of hydrogen-bond donors (Lipinski definition) is 2. The van der Waals surface area contributed by atoms with Crippen molar-refractivity contribution in [1.29, 1.82) is 0 Å². The summed E-state index contributed by atoms with van der Waals surface area (Å²) in [5.41, 5.74) is 1.60. The second-order valence-corrected chi connectivity index (χ2v) is 5.75. The first-order valence-corrected chi connectivity index (χ1v) is 7.40. The maximum absolute atomic E-state index is 12.6. The maximum Gasteiger partial charge on any atom is 0.268 e. The zero-order valence-corrected chi connectivity index (χ0v) is 13.1. The van der Waals surface area contributed by atoms with Crippen LogP contribution in [0.1, 0.15) is 19.4 Å². The summed E-state index contributed by atoms with van der Waals surface area (Å²) in [5.74, 6) is 0.0929. The van der Waals surface area contributed by atoms with E-state index in [4.69, 9.17) is 9.84 Å². The van der Waals surface area contributed by atoms with Gasteiger partial charge in [0, 0.05) is 6.54 Å². The van der Waals surface area contributed by atoms with Crippen molar-refractivity contribution < 1.29 is 19.4 Å². The van der Waals surface area contributed by atoms with Crippen molar-refractivity contribution in [2.75, 3.05) is 24.6 Å². The molecule has 1 aromatic rings. The SMILES string of the molecule is Cc1ccc2c(c1)N(CC(=O)NCCO)C(=O)C(C(C)C)O2. The summed E-state index contributed by atoms with van der Waals surface area (Å²) in [7, 11) is 0. The van der Waals surface area contributed by atoms with Gasteiger partial charge < -0.3 is 15.2 Å². The molecule has 0 saturated heterocycles. The van der Waals surface area contributed by atoms with Crippen LogP contribution in [0.2, 0.25) is 0 Å². The van der Waals surface area contributed by atoms with E-state index in [1.54, 1.807) is 0 Å². The molecule has 0 spiro atoms. The normalized spacial score (nSPS) is 17.2. The third-order valence-corrected chi connectivity index (χ3v) is 3.51. The van der Waals surface area contributed by atoms with Gasteiger partial charge in [-0.05, 0) is 30.5 Å². The predicted molar refractivity (Wildman–Crippen MR) is 82.9 cm³/mol. The number of aliphatic hydroxyl groups excluding tert-OH is 1. The number of amides is 2. The number of aliphatic hydroxyl groups is 1. The van der Waals surface area contributed by atoms with E-state index in [1.807, 2.05) is 39.0 Å². The van der Waals surface area contributed by atoms with Crippen LogP contribution >= 0.6 is 0 Å². The summed E-state index contributed by atoms with van der Waals surface area (Å²) in [5, 5.41) is 11.3. The van der Waals surface area contributed by atoms with Crippen LogP contribution in [0.15, 0.2) is 18.2 Å². The Morgan fingerprint density at radius 1 is 1.45 bits per heavy atom. The number of carbonyl (C=O) groups is 2. The van der Waals surface area contributed by atoms with E-state index in [9.17, 15) is 9.59 Å². The fourth-order valence-electron chi connectivity index (χ4n) is 2.38. The van der Waals surface area contributed by atoms with Crippen molar-refractivity contribution in [3.8, 4) is 5.75 Å². The van der Waals surface area contributed by atoms with E-state index >= 15 is 0 Å². The fraction of sp³-hybridized carbons (Fsp3) is 0.500. The summed E-state index contributed by atoms with van der Waals surface area (Å²) in [6, 6.07) is 5.57. The molecule has 2 N–H and O–H groups in total. The summed E-state index contributed by atoms with van der Waals surface area (Å²) in [4.78, 5) is 26.0. The number of benzene rings is 1. The van der Waals surface area contributed by atoms with Gasteiger partial charge in [-0.25, -0.2) is 0 Å². The van der Waals surface area contributed by atoms with Crippen LogP contribution in [0, 0.1) is 12.8 Å². The standard InChI is InChI=1S/C16H22N2O4/c1-10(2)15-16(21)18(9-14(20)17-6-7-19)12-8-11(3)4-5-13(12)22-15/h4-5,8,10,15,19H,6-7,9H2,1-3H3,(H,17,20). The molecule has 0 aliphatic carbocycles. The minimum absolute atomic E-state index is 0.00459. The highest BCUT2D eigenvalue weighted by atomic mass is 16.5. The molecule has 1 heterocycles. The molecule has 0 aromatic heterocycles. The Balaban J connectivity index is 2.30. The zero-order valence-electron chi connectivity index (χ0n) is 13.1. The van der Waals surface area contributed by atoms with Gasteiger partial charge in [0.1, 0.15) is 12.3 Å². The molecule has 1 unspecified atom stereocenters. The lowest BCUT2D eigenvalue weighted by Crippen LogP contribution is -2.51. The maximum atomic E-state index is 12.6. The molecule has 0 saturated carbocycles. The molecule has 1 atom stereocenters. The summed E-state index contributed by atoms with van der Waals surface area (Å²) in [6.45, 7) is 5.70. The largest absolute Gasteiger partial charge is 0.478 e. The van der Waals surface area contributed by atoms with Crippen molar-refractivity contribution >= 4 is 17.5 Å². The molecule has 0 fully saturated rings. The molecule has 6 heteroatoms. The van der Waals surface area contributed by atoms with Crippen LogP contribution in [0.5, 0.6) is 5.75 Å². The molecular formula is C16H22N2O4. The summed E-state index contributed by atoms with van der Waals surface area (Å²) < 4.78 is 5.79. The molecule has 2 rings (SSSR count). The number of aryl methyl sites for hydroxylation is 1. The van der Waals surface area contributed by atoms with Gasteiger partial charge in [-0.2, -0.15) is 0 Å². The Labute approximate surface area is 130 Å². The third kappa shape index (κ3) is 3.39. The Bertz CT molecular complexity index is 571. The lowest BCUT2D eigenvalue weighted by molar-refractivity contribution is -0.130. The molecule has 22 heavy (non-hydrogen) atoms. The topological polar surface area (TPSA) is 78.9 Å². The van der Waals surface area contributed by atoms with Gasteiger partial charge in [0.15, 0.2) is 6.10 Å². The van der Waals surface area contributed by atoms with Crippen LogP contribution in [-0.4, -0.2) is 42.7 Å². The highest BCUT2D eigenvalue weighted by Crippen LogP contribution is 2.36. The van der Waals surface area contributed by atoms with Crippen LogP contribution in [-0.2, 0) is 9.59 Å². The average Bonchev–Trinajstić information content (AvgIpc) is 2.47. The van der Waals surface area contributed by atoms with Gasteiger partial charge >= 0.3 is 0 Å². The van der Waals surface area contributed by atoms with Gasteiger partial charge in [-0.15, -0.1) is 0 Å². The quantitative estimate of drug-likeness (QED) is 0.845. The van der Waals surface area contributed by atoms with Gasteiger partial charge in [0.05, 0.1) is 12.3 Å². The fourth-order valence-corrected chi connectivity index (χ4v) is 2.38. The molecule has 1 aromatic carbocycles. The van der Waals surface area contributed by atoms with Crippen LogP contribution < -0.4 is 15.0 Å². The third-order valence-electron chi connectivity index (χ3n) is 3.51. The first kappa shape index (κ1) is 16.3. The van der Waals surface area contributed by atoms with Gasteiger partial charge in [0.2, 0.25) is 5.91 Å². The van der Waals surface area contributed by atoms with E-state index in [0.29, 0.717) is 11.4 Å². The van der Waals surface area contributed by atoms with E-state index in [2.05, 4.69) is 5.32 Å². The predicted octanol–water partition coefficient (Wildman–Crippen LogP) is 0.854. The van der Waals surface area contributed by atoms with Gasteiger partial charge in [0.25, 0.3) is 5.91 Å². The molecule has 120 valence electrons. The molecule has 1 aliphatic heterocycles. The second kappa shape index (κ2) is 6.79. The van der Waals surface area contributed by atoms with E-state index in [-0.39, 0.29) is 37.4 Å². The molecule has 0 radical (unpaired) electrons. The first-order chi connectivity index (χ1) is 10.4. The van der Waals surface area contributed by atoms with Crippen molar-refractivity contribution in [3.63, 3.8) is 0 Å². The number of fused-ring (bicyclic) bond motifs is 1. The zero-order chi connectivity index (χ0) is 16.3. The number of nitrogens with one attached hydrogen (secondary N) is 1. The van der Waals surface area contributed by atoms with Crippen LogP contribution in [0.4, 0.5) is 5.69 Å². The summed E-state index contributed by atoms with van der Waals surface area (Å²) >= 11 is 0. The number of ether oxygens (including phenoxy) is 1. The van der Waals surface area contributed by atoms with Crippen LogP contribution in [0.3, 0.4) is 0 Å². The number of anilines is 1. The highest BCUT2D eigenvalue weighted by Gasteiger charge is 2.37. The number of hydrogen-bond acceptors (Lipinski definition) is 4. The van der Waals surface area contributed by atoms with Crippen molar-refractivity contribution in [3.05, 3.63) is 23.8 Å². The Morgan fingerprint density at radius 2 is 2.18 bits per heavy atom. The Kier molecular flexibility index (Phi) is 5.03. The minimum Gasteiger partial charge on any atom is -0.478 e. The molecule has 1 aliphatic rings. The monoisotopic (exact) mass is 306 g/mol. The molecule has 6 nitrogen and oxygen atoms in total. The minimum atomic E-state index is -0.596. The first-order valence-electron chi connectivity index (χ1n) is 7.40. The average molecular weight is 306 g/mol. The van der Waals surface area contributed by atoms with Crippen molar-refractivity contribution in [2.24, 2.45) is 5.92 Å². The van der Waals surface area contributed by atoms with Gasteiger partial charge in [-0.3, -0.25) is 14.5 Å². The Hall–Kier alpha value is -2.08. The van der Waals surface area contributed by atoms with E-state index in [0.717, 1.165) is 5.56 Å². The number of nitrogens with zero attached hydrogens (tertiary/aromatic N) is 1. The second-order valence-electron chi connectivity index (χ2n) is 5.75.